The Labute approximate surface area is 193 Å². The van der Waals surface area contributed by atoms with Gasteiger partial charge in [-0.2, -0.15) is 4.31 Å². The van der Waals surface area contributed by atoms with Gasteiger partial charge in [-0.05, 0) is 43.7 Å². The topological polar surface area (TPSA) is 78.0 Å². The molecule has 2 saturated heterocycles. The van der Waals surface area contributed by atoms with E-state index in [2.05, 4.69) is 0 Å². The third kappa shape index (κ3) is 4.14. The summed E-state index contributed by atoms with van der Waals surface area (Å²) in [5.74, 6) is -0.372. The molecule has 0 spiro atoms. The van der Waals surface area contributed by atoms with Gasteiger partial charge in [0.05, 0.1) is 11.4 Å². The van der Waals surface area contributed by atoms with E-state index in [1.165, 1.54) is 9.21 Å². The van der Waals surface area contributed by atoms with Gasteiger partial charge in [0.2, 0.25) is 21.8 Å². The lowest BCUT2D eigenvalue weighted by Crippen LogP contribution is -2.72. The molecule has 2 heterocycles. The van der Waals surface area contributed by atoms with Crippen LogP contribution in [0.4, 0.5) is 0 Å². The average Bonchev–Trinajstić information content (AvgIpc) is 2.77. The van der Waals surface area contributed by atoms with E-state index in [0.717, 1.165) is 5.56 Å². The summed E-state index contributed by atoms with van der Waals surface area (Å²) in [5.41, 5.74) is 0.855. The molecular formula is C23H26ClN3O4S. The number of sulfonamides is 1. The van der Waals surface area contributed by atoms with Gasteiger partial charge >= 0.3 is 0 Å². The van der Waals surface area contributed by atoms with Crippen LogP contribution in [-0.2, 0) is 26.0 Å². The molecule has 2 unspecified atom stereocenters. The molecule has 2 aromatic rings. The highest BCUT2D eigenvalue weighted by atomic mass is 35.5. The summed E-state index contributed by atoms with van der Waals surface area (Å²) < 4.78 is 28.3. The first kappa shape index (κ1) is 22.8. The lowest BCUT2D eigenvalue weighted by molar-refractivity contribution is -0.166. The number of piperazine rings is 1. The third-order valence-corrected chi connectivity index (χ3v) is 8.23. The Morgan fingerprint density at radius 2 is 1.69 bits per heavy atom. The number of carbonyl (C=O) groups is 2. The van der Waals surface area contributed by atoms with Crippen LogP contribution in [-0.4, -0.2) is 65.7 Å². The number of fused-ring (bicyclic) bond motifs is 1. The second kappa shape index (κ2) is 8.84. The number of amides is 2. The smallest absolute Gasteiger partial charge is 0.246 e. The summed E-state index contributed by atoms with van der Waals surface area (Å²) >= 11 is 6.00. The van der Waals surface area contributed by atoms with Crippen LogP contribution < -0.4 is 0 Å². The molecule has 170 valence electrons. The summed E-state index contributed by atoms with van der Waals surface area (Å²) in [6.07, 6.45) is -0.422. The van der Waals surface area contributed by atoms with Gasteiger partial charge in [-0.3, -0.25) is 9.59 Å². The van der Waals surface area contributed by atoms with Crippen molar-refractivity contribution in [2.75, 3.05) is 13.1 Å². The van der Waals surface area contributed by atoms with Crippen molar-refractivity contribution in [1.29, 1.82) is 0 Å². The minimum atomic E-state index is -3.84. The maximum absolute atomic E-state index is 13.5. The Kier molecular flexibility index (Phi) is 6.29. The van der Waals surface area contributed by atoms with Crippen LogP contribution >= 0.6 is 11.6 Å². The molecular weight excluding hydrogens is 450 g/mol. The van der Waals surface area contributed by atoms with Crippen LogP contribution in [0.15, 0.2) is 59.5 Å². The molecule has 2 aliphatic rings. The normalized spacial score (nSPS) is 22.4. The molecule has 4 rings (SSSR count). The maximum Gasteiger partial charge on any atom is 0.246 e. The van der Waals surface area contributed by atoms with Crippen molar-refractivity contribution in [2.45, 2.75) is 49.8 Å². The van der Waals surface area contributed by atoms with Gasteiger partial charge in [0, 0.05) is 30.5 Å². The summed E-state index contributed by atoms with van der Waals surface area (Å²) in [4.78, 5) is 29.8. The number of hydrogen-bond acceptors (Lipinski definition) is 4. The zero-order valence-corrected chi connectivity index (χ0v) is 19.6. The molecule has 0 aliphatic carbocycles. The number of hydrogen-bond donors (Lipinski definition) is 0. The van der Waals surface area contributed by atoms with E-state index in [1.54, 1.807) is 47.4 Å². The molecule has 2 aliphatic heterocycles. The molecule has 9 heteroatoms. The summed E-state index contributed by atoms with van der Waals surface area (Å²) in [6, 6.07) is 14.4. The molecule has 0 saturated carbocycles. The summed E-state index contributed by atoms with van der Waals surface area (Å²) in [6.45, 7) is 4.03. The predicted molar refractivity (Wildman–Crippen MR) is 121 cm³/mol. The zero-order chi connectivity index (χ0) is 23.0. The van der Waals surface area contributed by atoms with E-state index in [-0.39, 0.29) is 42.3 Å². The van der Waals surface area contributed by atoms with Gasteiger partial charge in [-0.1, -0.05) is 41.9 Å². The van der Waals surface area contributed by atoms with Crippen LogP contribution in [0.5, 0.6) is 0 Å². The maximum atomic E-state index is 13.5. The predicted octanol–water partition coefficient (Wildman–Crippen LogP) is 2.75. The van der Waals surface area contributed by atoms with Crippen molar-refractivity contribution < 1.29 is 18.0 Å². The Morgan fingerprint density at radius 3 is 2.31 bits per heavy atom. The van der Waals surface area contributed by atoms with E-state index >= 15 is 0 Å². The number of rotatable bonds is 5. The fraction of sp³-hybridized carbons (Fsp3) is 0.391. The standard InChI is InChI=1S/C23H26ClN3O4S/c1-16(2)25-15-21-26(32(30,31)19-6-4-3-5-7-19)13-12-22(28)27(21)20(23(25)29)14-17-8-10-18(24)11-9-17/h3-11,16,20-21H,12-15H2,1-2H3. The molecule has 2 fully saturated rings. The summed E-state index contributed by atoms with van der Waals surface area (Å²) in [7, 11) is -3.84. The zero-order valence-electron chi connectivity index (χ0n) is 18.0. The van der Waals surface area contributed by atoms with E-state index in [0.29, 0.717) is 11.4 Å². The molecule has 0 radical (unpaired) electrons. The van der Waals surface area contributed by atoms with E-state index in [1.807, 2.05) is 26.0 Å². The van der Waals surface area contributed by atoms with Crippen molar-refractivity contribution in [2.24, 2.45) is 0 Å². The van der Waals surface area contributed by atoms with Gasteiger partial charge in [0.15, 0.2) is 0 Å². The molecule has 0 bridgehead atoms. The van der Waals surface area contributed by atoms with Crippen LogP contribution in [0.25, 0.3) is 0 Å². The highest BCUT2D eigenvalue weighted by molar-refractivity contribution is 7.89. The van der Waals surface area contributed by atoms with Gasteiger partial charge in [-0.25, -0.2) is 8.42 Å². The lowest BCUT2D eigenvalue weighted by Gasteiger charge is -2.52. The fourth-order valence-electron chi connectivity index (χ4n) is 4.43. The van der Waals surface area contributed by atoms with Crippen molar-refractivity contribution in [3.8, 4) is 0 Å². The molecule has 32 heavy (non-hydrogen) atoms. The molecule has 2 amide bonds. The average molecular weight is 476 g/mol. The van der Waals surface area contributed by atoms with Crippen molar-refractivity contribution >= 4 is 33.4 Å². The summed E-state index contributed by atoms with van der Waals surface area (Å²) in [5, 5.41) is 0.583. The number of carbonyl (C=O) groups excluding carboxylic acids is 2. The van der Waals surface area contributed by atoms with E-state index in [4.69, 9.17) is 11.6 Å². The Morgan fingerprint density at radius 1 is 1.03 bits per heavy atom. The fourth-order valence-corrected chi connectivity index (χ4v) is 6.15. The first-order chi connectivity index (χ1) is 15.2. The molecule has 7 nitrogen and oxygen atoms in total. The molecule has 2 atom stereocenters. The lowest BCUT2D eigenvalue weighted by atomic mass is 9.97. The third-order valence-electron chi connectivity index (χ3n) is 6.07. The highest BCUT2D eigenvalue weighted by Gasteiger charge is 2.51. The van der Waals surface area contributed by atoms with E-state index < -0.39 is 22.2 Å². The van der Waals surface area contributed by atoms with Crippen molar-refractivity contribution in [3.63, 3.8) is 0 Å². The van der Waals surface area contributed by atoms with Crippen LogP contribution in [0, 0.1) is 0 Å². The molecule has 0 N–H and O–H groups in total. The molecule has 2 aromatic carbocycles. The van der Waals surface area contributed by atoms with Gasteiger partial charge in [-0.15, -0.1) is 0 Å². The minimum Gasteiger partial charge on any atom is -0.335 e. The SMILES string of the molecule is CC(C)N1CC2N(C(=O)CCN2S(=O)(=O)c2ccccc2)C(Cc2ccc(Cl)cc2)C1=O. The van der Waals surface area contributed by atoms with Gasteiger partial charge in [0.25, 0.3) is 0 Å². The minimum absolute atomic E-state index is 0.0363. The quantitative estimate of drug-likeness (QED) is 0.666. The van der Waals surface area contributed by atoms with Crippen molar-refractivity contribution in [3.05, 3.63) is 65.2 Å². The number of halogens is 1. The van der Waals surface area contributed by atoms with Crippen LogP contribution in [0.3, 0.4) is 0 Å². The van der Waals surface area contributed by atoms with Gasteiger partial charge in [0.1, 0.15) is 12.2 Å². The Balaban J connectivity index is 1.74. The largest absolute Gasteiger partial charge is 0.335 e. The highest BCUT2D eigenvalue weighted by Crippen LogP contribution is 2.32. The first-order valence-corrected chi connectivity index (χ1v) is 12.4. The monoisotopic (exact) mass is 475 g/mol. The molecule has 0 aromatic heterocycles. The van der Waals surface area contributed by atoms with Crippen molar-refractivity contribution in [1.82, 2.24) is 14.1 Å². The van der Waals surface area contributed by atoms with Crippen LogP contribution in [0.1, 0.15) is 25.8 Å². The van der Waals surface area contributed by atoms with Crippen LogP contribution in [0.2, 0.25) is 5.02 Å². The van der Waals surface area contributed by atoms with E-state index in [9.17, 15) is 18.0 Å². The number of benzene rings is 2. The Hall–Kier alpha value is -2.42. The van der Waals surface area contributed by atoms with Gasteiger partial charge < -0.3 is 9.80 Å². The first-order valence-electron chi connectivity index (χ1n) is 10.6. The second-order valence-electron chi connectivity index (χ2n) is 8.39. The second-order valence-corrected chi connectivity index (χ2v) is 10.7. The Bertz CT molecular complexity index is 1110. The number of nitrogens with zero attached hydrogens (tertiary/aromatic N) is 3.